The molecule has 4 nitrogen and oxygen atoms in total. The van der Waals surface area contributed by atoms with Crippen LogP contribution in [-0.4, -0.2) is 9.97 Å². The second-order valence-corrected chi connectivity index (χ2v) is 3.95. The van der Waals surface area contributed by atoms with Gasteiger partial charge in [0.2, 0.25) is 5.95 Å². The van der Waals surface area contributed by atoms with E-state index < -0.39 is 5.82 Å². The Labute approximate surface area is 103 Å². The molecule has 88 valence electrons. The largest absolute Gasteiger partial charge is 0.368 e. The SMILES string of the molecule is Cc1cnc(N)nc1Nc1cc(Cl)ccc1F. The van der Waals surface area contributed by atoms with Crippen LogP contribution in [0.2, 0.25) is 5.02 Å². The third-order valence-electron chi connectivity index (χ3n) is 2.17. The summed E-state index contributed by atoms with van der Waals surface area (Å²) in [4.78, 5) is 7.81. The molecule has 0 bridgehead atoms. The molecule has 0 fully saturated rings. The number of nitrogen functional groups attached to an aromatic ring is 1. The Morgan fingerprint density at radius 3 is 2.94 bits per heavy atom. The highest BCUT2D eigenvalue weighted by Gasteiger charge is 2.07. The number of halogens is 2. The van der Waals surface area contributed by atoms with E-state index in [4.69, 9.17) is 17.3 Å². The first-order valence-electron chi connectivity index (χ1n) is 4.87. The Balaban J connectivity index is 2.37. The average Bonchev–Trinajstić information content (AvgIpc) is 2.28. The molecule has 0 amide bonds. The van der Waals surface area contributed by atoms with E-state index in [0.29, 0.717) is 10.8 Å². The maximum Gasteiger partial charge on any atom is 0.221 e. The van der Waals surface area contributed by atoms with Crippen molar-refractivity contribution >= 4 is 29.1 Å². The van der Waals surface area contributed by atoms with E-state index >= 15 is 0 Å². The summed E-state index contributed by atoms with van der Waals surface area (Å²) in [6.07, 6.45) is 1.56. The first kappa shape index (κ1) is 11.6. The number of aryl methyl sites for hydroxylation is 1. The Morgan fingerprint density at radius 2 is 2.18 bits per heavy atom. The summed E-state index contributed by atoms with van der Waals surface area (Å²) >= 11 is 5.79. The molecule has 1 aromatic carbocycles. The molecule has 0 aliphatic carbocycles. The zero-order valence-corrected chi connectivity index (χ0v) is 9.79. The number of hydrogen-bond acceptors (Lipinski definition) is 4. The van der Waals surface area contributed by atoms with Gasteiger partial charge in [-0.2, -0.15) is 4.98 Å². The topological polar surface area (TPSA) is 63.8 Å². The molecule has 6 heteroatoms. The standard InChI is InChI=1S/C11H10ClFN4/c1-6-5-15-11(14)17-10(6)16-9-4-7(12)2-3-8(9)13/h2-5H,1H3,(H3,14,15,16,17). The number of benzene rings is 1. The van der Waals surface area contributed by atoms with Gasteiger partial charge < -0.3 is 11.1 Å². The molecule has 0 atom stereocenters. The first-order chi connectivity index (χ1) is 8.06. The summed E-state index contributed by atoms with van der Waals surface area (Å²) in [7, 11) is 0. The Hall–Kier alpha value is -1.88. The maximum atomic E-state index is 13.5. The Bertz CT molecular complexity index is 510. The fraction of sp³-hybridized carbons (Fsp3) is 0.0909. The number of hydrogen-bond donors (Lipinski definition) is 2. The van der Waals surface area contributed by atoms with Crippen molar-refractivity contribution in [3.05, 3.63) is 40.8 Å². The van der Waals surface area contributed by atoms with Crippen molar-refractivity contribution in [2.24, 2.45) is 0 Å². The Morgan fingerprint density at radius 1 is 1.41 bits per heavy atom. The van der Waals surface area contributed by atoms with Crippen LogP contribution in [0.15, 0.2) is 24.4 Å². The summed E-state index contributed by atoms with van der Waals surface area (Å²) in [6.45, 7) is 1.80. The van der Waals surface area contributed by atoms with E-state index in [1.54, 1.807) is 13.1 Å². The van der Waals surface area contributed by atoms with Gasteiger partial charge in [-0.15, -0.1) is 0 Å². The molecule has 0 radical (unpaired) electrons. The lowest BCUT2D eigenvalue weighted by atomic mass is 10.3. The number of anilines is 3. The van der Waals surface area contributed by atoms with Gasteiger partial charge in [0, 0.05) is 16.8 Å². The molecule has 0 unspecified atom stereocenters. The molecule has 0 saturated carbocycles. The van der Waals surface area contributed by atoms with Gasteiger partial charge in [0.25, 0.3) is 0 Å². The molecule has 17 heavy (non-hydrogen) atoms. The van der Waals surface area contributed by atoms with E-state index in [0.717, 1.165) is 5.56 Å². The minimum absolute atomic E-state index is 0.125. The predicted octanol–water partition coefficient (Wildman–Crippen LogP) is 2.90. The smallest absolute Gasteiger partial charge is 0.221 e. The summed E-state index contributed by atoms with van der Waals surface area (Å²) in [6, 6.07) is 4.24. The van der Waals surface area contributed by atoms with Crippen LogP contribution in [0.4, 0.5) is 21.8 Å². The summed E-state index contributed by atoms with van der Waals surface area (Å²) < 4.78 is 13.5. The van der Waals surface area contributed by atoms with Gasteiger partial charge in [-0.25, -0.2) is 9.37 Å². The first-order valence-corrected chi connectivity index (χ1v) is 5.25. The van der Waals surface area contributed by atoms with Crippen LogP contribution in [0, 0.1) is 12.7 Å². The number of nitrogens with one attached hydrogen (secondary N) is 1. The molecule has 0 aliphatic rings. The van der Waals surface area contributed by atoms with Crippen LogP contribution in [0.25, 0.3) is 0 Å². The van der Waals surface area contributed by atoms with E-state index in [-0.39, 0.29) is 11.6 Å². The molecule has 1 aromatic heterocycles. The molecular formula is C11H10ClFN4. The van der Waals surface area contributed by atoms with E-state index in [1.807, 2.05) is 0 Å². The third-order valence-corrected chi connectivity index (χ3v) is 2.41. The second kappa shape index (κ2) is 4.55. The molecule has 0 aliphatic heterocycles. The van der Waals surface area contributed by atoms with Crippen molar-refractivity contribution in [1.82, 2.24) is 9.97 Å². The van der Waals surface area contributed by atoms with Crippen LogP contribution in [0.3, 0.4) is 0 Å². The fourth-order valence-electron chi connectivity index (χ4n) is 1.30. The van der Waals surface area contributed by atoms with Crippen molar-refractivity contribution in [1.29, 1.82) is 0 Å². The lowest BCUT2D eigenvalue weighted by Gasteiger charge is -2.09. The van der Waals surface area contributed by atoms with Crippen molar-refractivity contribution in [2.75, 3.05) is 11.1 Å². The monoisotopic (exact) mass is 252 g/mol. The van der Waals surface area contributed by atoms with Gasteiger partial charge in [0.05, 0.1) is 5.69 Å². The van der Waals surface area contributed by atoms with Gasteiger partial charge in [-0.05, 0) is 25.1 Å². The van der Waals surface area contributed by atoms with Crippen molar-refractivity contribution in [3.8, 4) is 0 Å². The highest BCUT2D eigenvalue weighted by Crippen LogP contribution is 2.24. The molecular weight excluding hydrogens is 243 g/mol. The van der Waals surface area contributed by atoms with Crippen LogP contribution < -0.4 is 11.1 Å². The average molecular weight is 253 g/mol. The zero-order chi connectivity index (χ0) is 12.4. The molecule has 2 rings (SSSR count). The minimum atomic E-state index is -0.411. The number of rotatable bonds is 2. The van der Waals surface area contributed by atoms with Gasteiger partial charge >= 0.3 is 0 Å². The highest BCUT2D eigenvalue weighted by molar-refractivity contribution is 6.30. The quantitative estimate of drug-likeness (QED) is 0.863. The maximum absolute atomic E-state index is 13.5. The third kappa shape index (κ3) is 2.62. The number of nitrogens with zero attached hydrogens (tertiary/aromatic N) is 2. The predicted molar refractivity (Wildman–Crippen MR) is 65.9 cm³/mol. The minimum Gasteiger partial charge on any atom is -0.368 e. The highest BCUT2D eigenvalue weighted by atomic mass is 35.5. The van der Waals surface area contributed by atoms with E-state index in [1.165, 1.54) is 18.2 Å². The van der Waals surface area contributed by atoms with Crippen LogP contribution in [-0.2, 0) is 0 Å². The van der Waals surface area contributed by atoms with E-state index in [2.05, 4.69) is 15.3 Å². The molecule has 0 spiro atoms. The Kier molecular flexibility index (Phi) is 3.10. The molecule has 2 aromatic rings. The summed E-state index contributed by atoms with van der Waals surface area (Å²) in [5, 5.41) is 3.27. The number of aromatic nitrogens is 2. The normalized spacial score (nSPS) is 10.3. The van der Waals surface area contributed by atoms with Gasteiger partial charge in [0.1, 0.15) is 11.6 Å². The van der Waals surface area contributed by atoms with Crippen molar-refractivity contribution in [2.45, 2.75) is 6.92 Å². The number of nitrogens with two attached hydrogens (primary N) is 1. The lowest BCUT2D eigenvalue weighted by molar-refractivity contribution is 0.632. The molecule has 0 saturated heterocycles. The molecule has 1 heterocycles. The van der Waals surface area contributed by atoms with Crippen LogP contribution in [0.5, 0.6) is 0 Å². The summed E-state index contributed by atoms with van der Waals surface area (Å²) in [5.41, 5.74) is 6.48. The van der Waals surface area contributed by atoms with Gasteiger partial charge in [-0.3, -0.25) is 0 Å². The van der Waals surface area contributed by atoms with Crippen LogP contribution >= 0.6 is 11.6 Å². The zero-order valence-electron chi connectivity index (χ0n) is 9.04. The fourth-order valence-corrected chi connectivity index (χ4v) is 1.48. The van der Waals surface area contributed by atoms with Crippen molar-refractivity contribution in [3.63, 3.8) is 0 Å². The van der Waals surface area contributed by atoms with Crippen molar-refractivity contribution < 1.29 is 4.39 Å². The van der Waals surface area contributed by atoms with Gasteiger partial charge in [-0.1, -0.05) is 11.6 Å². The molecule has 3 N–H and O–H groups in total. The second-order valence-electron chi connectivity index (χ2n) is 3.51. The van der Waals surface area contributed by atoms with E-state index in [9.17, 15) is 4.39 Å². The lowest BCUT2D eigenvalue weighted by Crippen LogP contribution is -2.03. The summed E-state index contributed by atoms with van der Waals surface area (Å²) in [5.74, 6) is 0.171. The van der Waals surface area contributed by atoms with Crippen LogP contribution in [0.1, 0.15) is 5.56 Å². The van der Waals surface area contributed by atoms with Gasteiger partial charge in [0.15, 0.2) is 0 Å².